The number of fused-ring (bicyclic) bond motifs is 3. The van der Waals surface area contributed by atoms with Crippen LogP contribution in [0.1, 0.15) is 128 Å². The molecule has 3 saturated heterocycles. The molecule has 0 spiro atoms. The topological polar surface area (TPSA) is 347 Å². The molecule has 0 aromatic heterocycles. The van der Waals surface area contributed by atoms with E-state index >= 15 is 0 Å². The van der Waals surface area contributed by atoms with Gasteiger partial charge in [-0.3, -0.25) is 58.8 Å². The standard InChI is InChI=1S/C16H14O3.C15H21N3O6S2.C10H14N4O4S2.C7H14O2.C6H10O3S2.3CH4.I2.P2S2/c17-9-16(18)19-10-15-13-7-3-1-5-11(13)12-6-2-4-8-14(12)15;1-14(2,3)23-13(22)15(25-26-15)24-17-8-7-16-10(19)6-9-18-11(20)4-5-12(18)21;11-10(19-20-10)18-13-5-4-12-7(15)3-6-14-8(16)1-2-9(14)17;1-5-6(8)9-7(2,3)4;1-5(2,3)9-4(7)6(8)10-11-6;;;;1-2;3-1-2-4/h1-8,15,17H,9-10H2;4-5,17H,6-9H2,1-3H3,(H,16,19);1-2,13H,3-6,11H2,(H,12,15);5H2,1-4H3;8H,1-3H3;3*1H4;;. The van der Waals surface area contributed by atoms with E-state index in [4.69, 9.17) is 39.5 Å². The molecule has 8 N–H and O–H groups in total. The fourth-order valence-electron chi connectivity index (χ4n) is 6.83. The first kappa shape index (κ1) is 93.4. The lowest BCUT2D eigenvalue weighted by atomic mass is 9.98. The highest BCUT2D eigenvalue weighted by molar-refractivity contribution is 15.0. The smallest absolute Gasteiger partial charge is 0.364 e. The van der Waals surface area contributed by atoms with E-state index in [0.29, 0.717) is 19.5 Å². The van der Waals surface area contributed by atoms with Crippen molar-refractivity contribution in [3.8, 4) is 11.1 Å². The number of hydroxylamine groups is 2. The maximum atomic E-state index is 12.0. The number of ether oxygens (including phenoxy) is 4. The summed E-state index contributed by atoms with van der Waals surface area (Å²) in [4.78, 5) is 126. The van der Waals surface area contributed by atoms with Crippen LogP contribution in [-0.4, -0.2) is 162 Å². The fourth-order valence-corrected chi connectivity index (χ4v) is 9.81. The van der Waals surface area contributed by atoms with Crippen LogP contribution in [0.5, 0.6) is 0 Å². The van der Waals surface area contributed by atoms with Crippen LogP contribution in [0.3, 0.4) is 0 Å². The molecular weight excluding hydrogens is 1640 g/mol. The van der Waals surface area contributed by atoms with Gasteiger partial charge >= 0.3 is 23.9 Å². The highest BCUT2D eigenvalue weighted by Crippen LogP contribution is 2.66. The summed E-state index contributed by atoms with van der Waals surface area (Å²) in [7, 11) is 9.27. The molecule has 0 unspecified atom stereocenters. The molecule has 8 rings (SSSR count). The second-order valence-corrected chi connectivity index (χ2v) is 34.0. The van der Waals surface area contributed by atoms with E-state index in [1.165, 1.54) is 89.7 Å². The summed E-state index contributed by atoms with van der Waals surface area (Å²) in [5.41, 5.74) is 14.2. The monoisotopic (exact) mass is 1730 g/mol. The molecule has 528 valence electrons. The molecule has 0 atom stereocenters. The van der Waals surface area contributed by atoms with Gasteiger partial charge in [-0.05, 0) is 173 Å². The highest BCUT2D eigenvalue weighted by atomic mass is 128. The van der Waals surface area contributed by atoms with Crippen molar-refractivity contribution in [3.05, 3.63) is 84.0 Å². The number of nitrogens with zero attached hydrogens (tertiary/aromatic N) is 2. The molecule has 0 saturated carbocycles. The summed E-state index contributed by atoms with van der Waals surface area (Å²) in [5.74, 6) is -3.81. The summed E-state index contributed by atoms with van der Waals surface area (Å²) in [5, 5.41) is 23.2. The molecule has 2 aromatic carbocycles. The zero-order valence-corrected chi connectivity index (χ0v) is 63.7. The van der Waals surface area contributed by atoms with Gasteiger partial charge in [0.1, 0.15) is 30.0 Å². The van der Waals surface area contributed by atoms with Crippen LogP contribution in [0.25, 0.3) is 11.1 Å². The van der Waals surface area contributed by atoms with E-state index in [1.807, 2.05) is 45.0 Å². The number of nitrogens with one attached hydrogen (secondary N) is 4. The molecule has 5 heterocycles. The predicted molar refractivity (Wildman–Crippen MR) is 402 cm³/mol. The predicted octanol–water partition coefficient (Wildman–Crippen LogP) is 10.1. The minimum atomic E-state index is -1.31. The Hall–Kier alpha value is -2.66. The van der Waals surface area contributed by atoms with Gasteiger partial charge in [0, 0.05) is 140 Å². The Morgan fingerprint density at radius 1 is 0.596 bits per heavy atom. The van der Waals surface area contributed by atoms with E-state index < -0.39 is 60.5 Å². The first-order valence-corrected chi connectivity index (χ1v) is 44.4. The van der Waals surface area contributed by atoms with E-state index in [2.05, 4.69) is 107 Å². The number of amides is 6. The summed E-state index contributed by atoms with van der Waals surface area (Å²) < 4.78 is 17.2. The minimum Gasteiger partial charge on any atom is -0.463 e. The average molecular weight is 1730 g/mol. The van der Waals surface area contributed by atoms with E-state index in [0.717, 1.165) is 45.5 Å². The third-order valence-corrected chi connectivity index (χ3v) is 20.2. The molecule has 0 bridgehead atoms. The van der Waals surface area contributed by atoms with Crippen molar-refractivity contribution in [1.82, 2.24) is 31.4 Å². The Morgan fingerprint density at radius 3 is 1.31 bits per heavy atom. The number of halogens is 2. The summed E-state index contributed by atoms with van der Waals surface area (Å²) in [6, 6.07) is 16.3. The Labute approximate surface area is 611 Å². The van der Waals surface area contributed by atoms with Crippen molar-refractivity contribution in [3.63, 3.8) is 0 Å². The quantitative estimate of drug-likeness (QED) is 0.00519. The number of imide groups is 2. The largest absolute Gasteiger partial charge is 0.463 e. The molecule has 0 radical (unpaired) electrons. The summed E-state index contributed by atoms with van der Waals surface area (Å²) in [6.07, 6.45) is 5.29. The average Bonchev–Trinajstić information content (AvgIpc) is 1.66. The molecule has 37 heteroatoms. The van der Waals surface area contributed by atoms with Crippen molar-refractivity contribution in [2.24, 2.45) is 5.73 Å². The van der Waals surface area contributed by atoms with E-state index in [1.54, 1.807) is 48.5 Å². The molecule has 2 aromatic rings. The first-order valence-electron chi connectivity index (χ1n) is 27.1. The lowest BCUT2D eigenvalue weighted by Gasteiger charge is -2.22. The molecule has 1 aliphatic carbocycles. The van der Waals surface area contributed by atoms with Gasteiger partial charge in [-0.15, -0.1) is 0 Å². The number of carbonyl (C=O) groups excluding carboxylic acids is 10. The Kier molecular flexibility index (Phi) is 45.6. The van der Waals surface area contributed by atoms with Gasteiger partial charge in [0.05, 0.1) is 0 Å². The highest BCUT2D eigenvalue weighted by Gasteiger charge is 2.59. The van der Waals surface area contributed by atoms with E-state index in [-0.39, 0.29) is 109 Å². The number of nitrogens with two attached hydrogens (primary N) is 1. The van der Waals surface area contributed by atoms with Gasteiger partial charge < -0.3 is 39.8 Å². The Bertz CT molecular complexity index is 2850. The van der Waals surface area contributed by atoms with Crippen LogP contribution in [0.15, 0.2) is 72.8 Å². The maximum Gasteiger partial charge on any atom is 0.364 e. The molecule has 5 aliphatic heterocycles. The van der Waals surface area contributed by atoms with Crippen molar-refractivity contribution in [2.45, 2.75) is 146 Å². The second kappa shape index (κ2) is 45.9. The minimum absolute atomic E-state index is 0. The van der Waals surface area contributed by atoms with E-state index in [9.17, 15) is 53.1 Å². The third-order valence-electron chi connectivity index (χ3n) is 10.7. The molecule has 6 aliphatic rings. The number of benzene rings is 2. The van der Waals surface area contributed by atoms with Gasteiger partial charge in [-0.2, -0.15) is 11.0 Å². The van der Waals surface area contributed by atoms with Gasteiger partial charge in [-0.1, -0.05) is 77.7 Å². The Morgan fingerprint density at radius 2 is 0.979 bits per heavy atom. The third kappa shape index (κ3) is 37.0. The lowest BCUT2D eigenvalue weighted by Crippen LogP contribution is -2.40. The molecule has 6 amide bonds. The maximum absolute atomic E-state index is 12.0. The van der Waals surface area contributed by atoms with Crippen LogP contribution >= 0.6 is 116 Å². The van der Waals surface area contributed by atoms with Crippen molar-refractivity contribution < 1.29 is 86.8 Å². The van der Waals surface area contributed by atoms with Crippen LogP contribution in [0.2, 0.25) is 0 Å². The van der Waals surface area contributed by atoms with Crippen molar-refractivity contribution in [2.75, 3.05) is 52.5 Å². The van der Waals surface area contributed by atoms with Crippen LogP contribution in [0, 0.1) is 0 Å². The fraction of sp³-hybridized carbons (Fsp3) is 0.544. The normalized spacial score (nSPS) is 15.8. The first-order chi connectivity index (χ1) is 42.6. The SMILES string of the molecule is C.C.C.CC(C)(C)OC(=O)C1(O)SS1.CC(C)(C)OC(=O)C1(ONCCNC(=O)CCN2C(=O)C=CC2=O)SS1.CCC(=O)OC(C)(C)C.II.NC1(ONCCNC(=O)CCN2C(=O)C=CC2=O)SS1.O=C(CO)OCC1c2ccccc2-c2ccccc21.S=PP=S. The van der Waals surface area contributed by atoms with Crippen LogP contribution in [0.4, 0.5) is 0 Å². The van der Waals surface area contributed by atoms with Gasteiger partial charge in [-0.25, -0.2) is 14.4 Å². The Balaban J connectivity index is 0. The zero-order valence-electron chi connectivity index (χ0n) is 51.1. The van der Waals surface area contributed by atoms with Crippen LogP contribution in [-0.2, 0) is 100 Å². The molecule has 94 heavy (non-hydrogen) atoms. The molecule has 25 nitrogen and oxygen atoms in total. The molecular formula is C57H85I2N7O18P2S8. The number of hydrogen-bond acceptors (Lipinski definition) is 29. The van der Waals surface area contributed by atoms with Gasteiger partial charge in [0.15, 0.2) is 0 Å². The number of carbonyl (C=O) groups is 10. The number of aliphatic hydroxyl groups is 2. The summed E-state index contributed by atoms with van der Waals surface area (Å²) in [6.45, 7) is 19.1. The number of hydrogen-bond donors (Lipinski definition) is 7. The molecule has 3 fully saturated rings. The summed E-state index contributed by atoms with van der Waals surface area (Å²) >= 11 is 13.1. The van der Waals surface area contributed by atoms with Crippen molar-refractivity contribution in [1.29, 1.82) is 0 Å². The van der Waals surface area contributed by atoms with Gasteiger partial charge in [0.2, 0.25) is 11.8 Å². The van der Waals surface area contributed by atoms with Crippen LogP contribution < -0.4 is 27.3 Å². The van der Waals surface area contributed by atoms with Gasteiger partial charge in [0.25, 0.3) is 36.5 Å². The zero-order chi connectivity index (χ0) is 68.8. The number of rotatable bonds is 23. The second-order valence-electron chi connectivity index (χ2n) is 21.4. The number of aliphatic hydroxyl groups excluding tert-OH is 1. The van der Waals surface area contributed by atoms with Crippen molar-refractivity contribution >= 4 is 199 Å². The number of esters is 4. The lowest BCUT2D eigenvalue weighted by molar-refractivity contribution is -0.168.